The molecule has 0 saturated heterocycles. The molecule has 10 heteroatoms. The first-order valence-electron chi connectivity index (χ1n) is 13.7. The number of anilines is 1. The highest BCUT2D eigenvalue weighted by Gasteiger charge is 2.17. The molecule has 6 aromatic rings. The summed E-state index contributed by atoms with van der Waals surface area (Å²) in [4.78, 5) is 28.3. The molecule has 6 rings (SSSR count). The Hall–Kier alpha value is -5.53. The van der Waals surface area contributed by atoms with E-state index in [1.165, 1.54) is 4.52 Å². The van der Waals surface area contributed by atoms with Gasteiger partial charge in [0.05, 0.1) is 22.3 Å². The molecule has 0 fully saturated rings. The Kier molecular flexibility index (Phi) is 8.18. The zero-order valence-corrected chi connectivity index (χ0v) is 24.7. The first-order valence-corrected chi connectivity index (χ1v) is 13.7. The molecule has 0 spiro atoms. The summed E-state index contributed by atoms with van der Waals surface area (Å²) in [6.07, 6.45) is 3.93. The molecular weight excluding hydrogens is 540 g/mol. The quantitative estimate of drug-likeness (QED) is 0.240. The van der Waals surface area contributed by atoms with Gasteiger partial charge in [-0.15, -0.1) is 5.10 Å². The smallest absolute Gasteiger partial charge is 0.264 e. The predicted octanol–water partition coefficient (Wildman–Crippen LogP) is 4.15. The van der Waals surface area contributed by atoms with E-state index in [9.17, 15) is 9.59 Å². The van der Waals surface area contributed by atoms with E-state index in [1.807, 2.05) is 81.2 Å². The van der Waals surface area contributed by atoms with Gasteiger partial charge in [0.25, 0.3) is 5.56 Å². The number of rotatable bonds is 4. The van der Waals surface area contributed by atoms with Crippen molar-refractivity contribution >= 4 is 28.5 Å². The Morgan fingerprint density at radius 3 is 2.47 bits per heavy atom. The van der Waals surface area contributed by atoms with E-state index in [0.717, 1.165) is 39.3 Å². The zero-order chi connectivity index (χ0) is 30.7. The van der Waals surface area contributed by atoms with Crippen molar-refractivity contribution in [3.05, 3.63) is 117 Å². The summed E-state index contributed by atoms with van der Waals surface area (Å²) in [7, 11) is 3.81. The average Bonchev–Trinajstić information content (AvgIpc) is 3.48. The van der Waals surface area contributed by atoms with Crippen molar-refractivity contribution in [3.8, 4) is 17.5 Å². The highest BCUT2D eigenvalue weighted by Crippen LogP contribution is 2.23. The minimum absolute atomic E-state index is 0.00717. The number of hydrogen-bond acceptors (Lipinski definition) is 7. The van der Waals surface area contributed by atoms with Crippen LogP contribution in [0.4, 0.5) is 5.82 Å². The minimum Gasteiger partial charge on any atom is -0.382 e. The van der Waals surface area contributed by atoms with E-state index < -0.39 is 0 Å². The third-order valence-electron chi connectivity index (χ3n) is 7.37. The lowest BCUT2D eigenvalue weighted by molar-refractivity contribution is 0.112. The molecule has 0 saturated carbocycles. The molecule has 4 heterocycles. The Morgan fingerprint density at radius 1 is 1.02 bits per heavy atom. The Labute approximate surface area is 248 Å². The first-order chi connectivity index (χ1) is 20.7. The maximum absolute atomic E-state index is 13.8. The molecule has 2 aromatic carbocycles. The number of aldehydes is 1. The van der Waals surface area contributed by atoms with Crippen LogP contribution in [0.5, 0.6) is 0 Å². The number of hydrogen-bond donors (Lipinski definition) is 2. The van der Waals surface area contributed by atoms with Crippen LogP contribution in [0.2, 0.25) is 0 Å². The van der Waals surface area contributed by atoms with Gasteiger partial charge in [0, 0.05) is 42.4 Å². The molecule has 10 nitrogen and oxygen atoms in total. The second-order valence-electron chi connectivity index (χ2n) is 10.0. The van der Waals surface area contributed by atoms with Crippen LogP contribution < -0.4 is 16.6 Å². The van der Waals surface area contributed by atoms with Crippen LogP contribution >= 0.6 is 0 Å². The summed E-state index contributed by atoms with van der Waals surface area (Å²) in [6, 6.07) is 19.4. The number of para-hydroxylation sites is 1. The molecule has 0 aliphatic carbocycles. The monoisotopic (exact) mass is 572 g/mol. The summed E-state index contributed by atoms with van der Waals surface area (Å²) in [6.45, 7) is 6.01. The van der Waals surface area contributed by atoms with Crippen molar-refractivity contribution in [2.24, 2.45) is 7.05 Å². The summed E-state index contributed by atoms with van der Waals surface area (Å²) in [5.74, 6) is 6.71. The molecule has 0 aliphatic rings. The lowest BCUT2D eigenvalue weighted by Gasteiger charge is -2.19. The molecule has 4 aromatic heterocycles. The van der Waals surface area contributed by atoms with Crippen molar-refractivity contribution in [1.29, 1.82) is 0 Å². The summed E-state index contributed by atoms with van der Waals surface area (Å²) in [5.41, 5.74) is 11.5. The van der Waals surface area contributed by atoms with Gasteiger partial charge in [-0.3, -0.25) is 18.8 Å². The van der Waals surface area contributed by atoms with Gasteiger partial charge in [-0.2, -0.15) is 5.10 Å². The predicted molar refractivity (Wildman–Crippen MR) is 168 cm³/mol. The number of nitrogens with zero attached hydrogens (tertiary/aromatic N) is 6. The molecule has 1 atom stereocenters. The number of nitrogens with two attached hydrogens (primary N) is 1. The van der Waals surface area contributed by atoms with Crippen molar-refractivity contribution < 1.29 is 4.79 Å². The number of nitrogen functional groups attached to an aromatic ring is 1. The van der Waals surface area contributed by atoms with Crippen LogP contribution in [-0.2, 0) is 7.05 Å². The van der Waals surface area contributed by atoms with Gasteiger partial charge in [0.15, 0.2) is 17.8 Å². The van der Waals surface area contributed by atoms with E-state index in [2.05, 4.69) is 45.3 Å². The molecule has 3 N–H and O–H groups in total. The number of carbonyl (C=O) groups excluding carboxylic acids is 1. The maximum Gasteiger partial charge on any atom is 0.264 e. The Bertz CT molecular complexity index is 2080. The average molecular weight is 573 g/mol. The topological polar surface area (TPSA) is 125 Å². The van der Waals surface area contributed by atoms with Crippen LogP contribution in [0.25, 0.3) is 22.1 Å². The van der Waals surface area contributed by atoms with Gasteiger partial charge in [0.2, 0.25) is 0 Å². The molecule has 0 radical (unpaired) electrons. The number of benzene rings is 2. The molecule has 216 valence electrons. The largest absolute Gasteiger partial charge is 0.382 e. The fourth-order valence-electron chi connectivity index (χ4n) is 4.92. The number of pyridine rings is 1. The lowest BCUT2D eigenvalue weighted by Crippen LogP contribution is -2.27. The van der Waals surface area contributed by atoms with Crippen molar-refractivity contribution in [2.45, 2.75) is 26.8 Å². The van der Waals surface area contributed by atoms with Gasteiger partial charge < -0.3 is 11.1 Å². The van der Waals surface area contributed by atoms with Crippen molar-refractivity contribution in [1.82, 2.24) is 34.3 Å². The maximum atomic E-state index is 13.8. The van der Waals surface area contributed by atoms with E-state index in [-0.39, 0.29) is 17.4 Å². The first kappa shape index (κ1) is 29.0. The van der Waals surface area contributed by atoms with Gasteiger partial charge in [0.1, 0.15) is 5.56 Å². The fraction of sp³-hybridized carbons (Fsp3) is 0.182. The van der Waals surface area contributed by atoms with E-state index in [0.29, 0.717) is 22.9 Å². The van der Waals surface area contributed by atoms with Crippen LogP contribution in [0.15, 0.2) is 77.9 Å². The third kappa shape index (κ3) is 5.54. The van der Waals surface area contributed by atoms with Gasteiger partial charge in [-0.1, -0.05) is 42.2 Å². The second kappa shape index (κ2) is 12.1. The summed E-state index contributed by atoms with van der Waals surface area (Å²) < 4.78 is 5.09. The van der Waals surface area contributed by atoms with Crippen LogP contribution in [0, 0.1) is 25.7 Å². The SMILES string of the molecule is CNC(C)c1cc2cccc(C#Cc3c(C)nn(C)c3C)c2c(=O)n1-c1ccccc1.Nc1nn2cccnc2c1C=O. The Morgan fingerprint density at radius 2 is 1.79 bits per heavy atom. The molecule has 0 bridgehead atoms. The van der Waals surface area contributed by atoms with E-state index in [1.54, 1.807) is 23.0 Å². The summed E-state index contributed by atoms with van der Waals surface area (Å²) >= 11 is 0. The molecule has 0 amide bonds. The van der Waals surface area contributed by atoms with Crippen LogP contribution in [-0.4, -0.2) is 42.3 Å². The van der Waals surface area contributed by atoms with E-state index >= 15 is 0 Å². The third-order valence-corrected chi connectivity index (χ3v) is 7.37. The van der Waals surface area contributed by atoms with Crippen LogP contribution in [0.1, 0.15) is 51.5 Å². The summed E-state index contributed by atoms with van der Waals surface area (Å²) in [5, 5.41) is 13.1. The Balaban J connectivity index is 0.000000255. The molecule has 1 unspecified atom stereocenters. The molecule has 0 aliphatic heterocycles. The normalized spacial score (nSPS) is 11.5. The minimum atomic E-state index is -0.0645. The highest BCUT2D eigenvalue weighted by molar-refractivity contribution is 5.90. The highest BCUT2D eigenvalue weighted by atomic mass is 16.1. The van der Waals surface area contributed by atoms with Gasteiger partial charge >= 0.3 is 0 Å². The number of aromatic nitrogens is 6. The second-order valence-corrected chi connectivity index (χ2v) is 10.0. The van der Waals surface area contributed by atoms with Crippen molar-refractivity contribution in [2.75, 3.05) is 12.8 Å². The van der Waals surface area contributed by atoms with Crippen LogP contribution in [0.3, 0.4) is 0 Å². The molecule has 43 heavy (non-hydrogen) atoms. The number of carbonyl (C=O) groups is 1. The number of nitrogens with one attached hydrogen (secondary N) is 1. The van der Waals surface area contributed by atoms with E-state index in [4.69, 9.17) is 5.73 Å². The zero-order valence-electron chi connectivity index (χ0n) is 24.7. The lowest BCUT2D eigenvalue weighted by atomic mass is 10.0. The number of fused-ring (bicyclic) bond motifs is 2. The van der Waals surface area contributed by atoms with Gasteiger partial charge in [-0.05, 0) is 63.5 Å². The molecular formula is C33H32N8O2. The fourth-order valence-corrected chi connectivity index (χ4v) is 4.92. The van der Waals surface area contributed by atoms with Gasteiger partial charge in [-0.25, -0.2) is 9.50 Å². The standard InChI is InChI=1S/C26H26N4O.C7H6N4O/c1-17-23(19(3)29(5)28-17)15-14-20-10-9-11-21-16-24(18(2)27-4)30(26(31)25(20)21)22-12-7-6-8-13-22;8-6-5(4-12)7-9-2-1-3-11(7)10-6/h6-13,16,18,27H,1-5H3;1-4H,(H2,8,10). The van der Waals surface area contributed by atoms with Crippen molar-refractivity contribution in [3.63, 3.8) is 0 Å². The number of aryl methyl sites for hydroxylation is 2.